The molecule has 0 aromatic carbocycles. The molecule has 140 valence electrons. The van der Waals surface area contributed by atoms with Crippen molar-refractivity contribution < 1.29 is 23.9 Å². The number of nitrogens with zero attached hydrogens (tertiary/aromatic N) is 1. The number of anilines is 1. The van der Waals surface area contributed by atoms with E-state index in [0.717, 1.165) is 16.3 Å². The molecule has 2 heterocycles. The Morgan fingerprint density at radius 3 is 2.12 bits per heavy atom. The van der Waals surface area contributed by atoms with E-state index < -0.39 is 11.9 Å². The fourth-order valence-electron chi connectivity index (χ4n) is 2.34. The summed E-state index contributed by atoms with van der Waals surface area (Å²) in [4.78, 5) is 42.0. The van der Waals surface area contributed by atoms with Gasteiger partial charge in [0.15, 0.2) is 0 Å². The van der Waals surface area contributed by atoms with Gasteiger partial charge in [0.2, 0.25) is 0 Å². The standard InChI is InChI=1S/C17H20N2O5S2/c1-6-23-16(21)11-8(3)12(17(22)24-7-2)26-15(11)19-14(20)13-9(4)18-10(5)25-13/h6-7H2,1-5H3,(H,19,20). The van der Waals surface area contributed by atoms with E-state index in [1.807, 2.05) is 6.92 Å². The van der Waals surface area contributed by atoms with Gasteiger partial charge in [0, 0.05) is 0 Å². The molecule has 9 heteroatoms. The highest BCUT2D eigenvalue weighted by Gasteiger charge is 2.28. The molecule has 0 fully saturated rings. The Balaban J connectivity index is 2.43. The maximum atomic E-state index is 12.6. The van der Waals surface area contributed by atoms with E-state index in [1.165, 1.54) is 11.3 Å². The second-order valence-corrected chi connectivity index (χ2v) is 7.53. The zero-order chi connectivity index (χ0) is 19.4. The predicted molar refractivity (Wildman–Crippen MR) is 101 cm³/mol. The lowest BCUT2D eigenvalue weighted by Crippen LogP contribution is -2.14. The summed E-state index contributed by atoms with van der Waals surface area (Å²) in [6.45, 7) is 8.97. The molecule has 0 radical (unpaired) electrons. The minimum absolute atomic E-state index is 0.173. The first-order valence-electron chi connectivity index (χ1n) is 8.03. The average molecular weight is 396 g/mol. The van der Waals surface area contributed by atoms with E-state index in [9.17, 15) is 14.4 Å². The van der Waals surface area contributed by atoms with Gasteiger partial charge in [-0.3, -0.25) is 4.79 Å². The first-order chi connectivity index (χ1) is 12.3. The van der Waals surface area contributed by atoms with Gasteiger partial charge in [0.1, 0.15) is 14.8 Å². The van der Waals surface area contributed by atoms with Crippen molar-refractivity contribution in [2.45, 2.75) is 34.6 Å². The molecule has 2 aromatic heterocycles. The van der Waals surface area contributed by atoms with E-state index in [-0.39, 0.29) is 34.6 Å². The number of thiophene rings is 1. The van der Waals surface area contributed by atoms with Crippen molar-refractivity contribution in [3.05, 3.63) is 31.6 Å². The number of esters is 2. The quantitative estimate of drug-likeness (QED) is 0.748. The normalized spacial score (nSPS) is 10.5. The van der Waals surface area contributed by atoms with E-state index in [4.69, 9.17) is 9.47 Å². The van der Waals surface area contributed by atoms with Gasteiger partial charge in [-0.15, -0.1) is 22.7 Å². The van der Waals surface area contributed by atoms with Gasteiger partial charge < -0.3 is 14.8 Å². The predicted octanol–water partition coefficient (Wildman–Crippen LogP) is 3.74. The molecule has 0 saturated carbocycles. The van der Waals surface area contributed by atoms with Crippen molar-refractivity contribution >= 4 is 45.5 Å². The second kappa shape index (κ2) is 8.41. The number of amides is 1. The molecule has 0 aliphatic rings. The van der Waals surface area contributed by atoms with Crippen molar-refractivity contribution in [3.63, 3.8) is 0 Å². The molecule has 0 unspecified atom stereocenters. The number of carbonyl (C=O) groups is 3. The number of ether oxygens (including phenoxy) is 2. The number of carbonyl (C=O) groups excluding carboxylic acids is 3. The SMILES string of the molecule is CCOC(=O)c1sc(NC(=O)c2sc(C)nc2C)c(C(=O)OCC)c1C. The van der Waals surface area contributed by atoms with Crippen LogP contribution in [0.1, 0.15) is 59.8 Å². The summed E-state index contributed by atoms with van der Waals surface area (Å²) < 4.78 is 10.1. The van der Waals surface area contributed by atoms with Crippen LogP contribution < -0.4 is 5.32 Å². The third kappa shape index (κ3) is 4.10. The van der Waals surface area contributed by atoms with Crippen LogP contribution in [-0.4, -0.2) is 36.0 Å². The van der Waals surface area contributed by atoms with Crippen molar-refractivity contribution in [1.82, 2.24) is 4.98 Å². The van der Waals surface area contributed by atoms with Crippen LogP contribution in [-0.2, 0) is 9.47 Å². The van der Waals surface area contributed by atoms with E-state index in [1.54, 1.807) is 27.7 Å². The third-order valence-corrected chi connectivity index (χ3v) is 5.68. The van der Waals surface area contributed by atoms with Crippen LogP contribution >= 0.6 is 22.7 Å². The minimum Gasteiger partial charge on any atom is -0.462 e. The molecule has 0 saturated heterocycles. The Morgan fingerprint density at radius 2 is 1.58 bits per heavy atom. The molecule has 0 atom stereocenters. The number of nitrogens with one attached hydrogen (secondary N) is 1. The third-order valence-electron chi connectivity index (χ3n) is 3.42. The summed E-state index contributed by atoms with van der Waals surface area (Å²) in [5, 5.41) is 3.75. The first kappa shape index (κ1) is 20.1. The number of thiazole rings is 1. The Labute approximate surface area is 159 Å². The van der Waals surface area contributed by atoms with E-state index in [0.29, 0.717) is 16.1 Å². The van der Waals surface area contributed by atoms with Gasteiger partial charge in [-0.05, 0) is 40.2 Å². The second-order valence-electron chi connectivity index (χ2n) is 5.30. The summed E-state index contributed by atoms with van der Waals surface area (Å²) in [5.41, 5.74) is 1.22. The maximum Gasteiger partial charge on any atom is 0.348 e. The number of aryl methyl sites for hydroxylation is 2. The molecule has 7 nitrogen and oxygen atoms in total. The Bertz CT molecular complexity index is 854. The van der Waals surface area contributed by atoms with Crippen LogP contribution in [0.25, 0.3) is 0 Å². The maximum absolute atomic E-state index is 12.6. The smallest absolute Gasteiger partial charge is 0.348 e. The molecular formula is C17H20N2O5S2. The number of hydrogen-bond acceptors (Lipinski definition) is 8. The lowest BCUT2D eigenvalue weighted by atomic mass is 10.1. The molecule has 2 aromatic rings. The van der Waals surface area contributed by atoms with Gasteiger partial charge in [0.25, 0.3) is 5.91 Å². The number of rotatable bonds is 6. The van der Waals surface area contributed by atoms with E-state index in [2.05, 4.69) is 10.3 Å². The summed E-state index contributed by atoms with van der Waals surface area (Å²) >= 11 is 2.27. The van der Waals surface area contributed by atoms with Crippen LogP contribution in [0.15, 0.2) is 0 Å². The molecule has 0 bridgehead atoms. The molecular weight excluding hydrogens is 376 g/mol. The van der Waals surface area contributed by atoms with Crippen LogP contribution in [0, 0.1) is 20.8 Å². The number of hydrogen-bond donors (Lipinski definition) is 1. The molecule has 2 rings (SSSR count). The Hall–Kier alpha value is -2.26. The Morgan fingerprint density at radius 1 is 0.962 bits per heavy atom. The van der Waals surface area contributed by atoms with Crippen LogP contribution in [0.3, 0.4) is 0 Å². The molecule has 0 aliphatic heterocycles. The fraction of sp³-hybridized carbons (Fsp3) is 0.412. The number of aromatic nitrogens is 1. The van der Waals surface area contributed by atoms with Crippen molar-refractivity contribution in [2.75, 3.05) is 18.5 Å². The van der Waals surface area contributed by atoms with Crippen molar-refractivity contribution in [3.8, 4) is 0 Å². The molecule has 0 aliphatic carbocycles. The fourth-order valence-corrected chi connectivity index (χ4v) is 4.24. The lowest BCUT2D eigenvalue weighted by Gasteiger charge is -2.06. The van der Waals surface area contributed by atoms with Gasteiger partial charge in [0.05, 0.1) is 29.5 Å². The molecule has 1 N–H and O–H groups in total. The zero-order valence-corrected chi connectivity index (χ0v) is 16.9. The monoisotopic (exact) mass is 396 g/mol. The highest BCUT2D eigenvalue weighted by molar-refractivity contribution is 7.19. The van der Waals surface area contributed by atoms with Crippen molar-refractivity contribution in [1.29, 1.82) is 0 Å². The zero-order valence-electron chi connectivity index (χ0n) is 15.2. The lowest BCUT2D eigenvalue weighted by molar-refractivity contribution is 0.0527. The van der Waals surface area contributed by atoms with Crippen molar-refractivity contribution in [2.24, 2.45) is 0 Å². The van der Waals surface area contributed by atoms with Crippen LogP contribution in [0.4, 0.5) is 5.00 Å². The van der Waals surface area contributed by atoms with Crippen LogP contribution in [0.2, 0.25) is 0 Å². The van der Waals surface area contributed by atoms with Gasteiger partial charge >= 0.3 is 11.9 Å². The summed E-state index contributed by atoms with van der Waals surface area (Å²) in [6, 6.07) is 0. The molecule has 26 heavy (non-hydrogen) atoms. The highest BCUT2D eigenvalue weighted by atomic mass is 32.1. The largest absolute Gasteiger partial charge is 0.462 e. The summed E-state index contributed by atoms with van der Waals surface area (Å²) in [7, 11) is 0. The summed E-state index contributed by atoms with van der Waals surface area (Å²) in [6.07, 6.45) is 0. The minimum atomic E-state index is -0.593. The highest BCUT2D eigenvalue weighted by Crippen LogP contribution is 2.35. The molecule has 0 spiro atoms. The van der Waals surface area contributed by atoms with Gasteiger partial charge in [-0.1, -0.05) is 0 Å². The van der Waals surface area contributed by atoms with E-state index >= 15 is 0 Å². The summed E-state index contributed by atoms with van der Waals surface area (Å²) in [5.74, 6) is -1.51. The van der Waals surface area contributed by atoms with Crippen LogP contribution in [0.5, 0.6) is 0 Å². The topological polar surface area (TPSA) is 94.6 Å². The first-order valence-corrected chi connectivity index (χ1v) is 9.66. The average Bonchev–Trinajstić information content (AvgIpc) is 3.07. The van der Waals surface area contributed by atoms with Gasteiger partial charge in [-0.2, -0.15) is 0 Å². The van der Waals surface area contributed by atoms with Gasteiger partial charge in [-0.25, -0.2) is 14.6 Å². The Kier molecular flexibility index (Phi) is 6.49. The molecule has 1 amide bonds.